The molecule has 4 aromatic rings. The van der Waals surface area contributed by atoms with Gasteiger partial charge in [0, 0.05) is 29.1 Å². The summed E-state index contributed by atoms with van der Waals surface area (Å²) in [7, 11) is 1.32. The Kier molecular flexibility index (Phi) is 5.61. The van der Waals surface area contributed by atoms with E-state index in [1.165, 1.54) is 7.11 Å². The van der Waals surface area contributed by atoms with Crippen molar-refractivity contribution < 1.29 is 14.3 Å². The monoisotopic (exact) mass is 398 g/mol. The fourth-order valence-electron chi connectivity index (χ4n) is 3.54. The number of para-hydroxylation sites is 1. The smallest absolute Gasteiger partial charge is 0.328 e. The van der Waals surface area contributed by atoms with Gasteiger partial charge in [-0.2, -0.15) is 0 Å². The summed E-state index contributed by atoms with van der Waals surface area (Å²) in [6, 6.07) is 24.3. The average molecular weight is 398 g/mol. The number of fused-ring (bicyclic) bond motifs is 1. The first-order valence-corrected chi connectivity index (χ1v) is 9.75. The van der Waals surface area contributed by atoms with Crippen LogP contribution in [0.15, 0.2) is 85.1 Å². The zero-order chi connectivity index (χ0) is 20.9. The Morgan fingerprint density at radius 1 is 0.900 bits per heavy atom. The van der Waals surface area contributed by atoms with Crippen molar-refractivity contribution in [1.82, 2.24) is 10.3 Å². The van der Waals surface area contributed by atoms with Gasteiger partial charge in [0.1, 0.15) is 6.04 Å². The first-order valence-electron chi connectivity index (χ1n) is 9.75. The number of carbonyl (C=O) groups excluding carboxylic acids is 2. The molecule has 0 saturated heterocycles. The van der Waals surface area contributed by atoms with Crippen LogP contribution in [0.25, 0.3) is 22.0 Å². The van der Waals surface area contributed by atoms with Gasteiger partial charge in [-0.15, -0.1) is 0 Å². The summed E-state index contributed by atoms with van der Waals surface area (Å²) in [5, 5.41) is 3.84. The lowest BCUT2D eigenvalue weighted by atomic mass is 10.0. The van der Waals surface area contributed by atoms with E-state index in [1.54, 1.807) is 12.1 Å². The largest absolute Gasteiger partial charge is 0.467 e. The van der Waals surface area contributed by atoms with E-state index < -0.39 is 12.0 Å². The minimum Gasteiger partial charge on any atom is -0.467 e. The second kappa shape index (κ2) is 8.66. The maximum atomic E-state index is 12.8. The number of aromatic nitrogens is 1. The number of carbonyl (C=O) groups is 2. The first-order chi connectivity index (χ1) is 14.7. The van der Waals surface area contributed by atoms with Crippen molar-refractivity contribution in [1.29, 1.82) is 0 Å². The van der Waals surface area contributed by atoms with E-state index in [0.29, 0.717) is 12.0 Å². The van der Waals surface area contributed by atoms with Crippen molar-refractivity contribution in [2.75, 3.05) is 7.11 Å². The number of aromatic amines is 1. The zero-order valence-corrected chi connectivity index (χ0v) is 16.6. The molecule has 1 amide bonds. The Hall–Kier alpha value is -3.86. The van der Waals surface area contributed by atoms with E-state index >= 15 is 0 Å². The molecular formula is C25H22N2O3. The lowest BCUT2D eigenvalue weighted by Crippen LogP contribution is -2.43. The molecule has 1 atom stereocenters. The highest BCUT2D eigenvalue weighted by molar-refractivity contribution is 5.97. The lowest BCUT2D eigenvalue weighted by Gasteiger charge is -2.16. The molecule has 4 rings (SSSR count). The topological polar surface area (TPSA) is 71.2 Å². The summed E-state index contributed by atoms with van der Waals surface area (Å²) >= 11 is 0. The summed E-state index contributed by atoms with van der Waals surface area (Å²) < 4.78 is 4.92. The normalized spacial score (nSPS) is 11.8. The minimum absolute atomic E-state index is 0.315. The third-order valence-corrected chi connectivity index (χ3v) is 5.14. The molecule has 150 valence electrons. The molecule has 0 spiro atoms. The van der Waals surface area contributed by atoms with Crippen molar-refractivity contribution in [2.45, 2.75) is 12.5 Å². The molecule has 0 aliphatic heterocycles. The zero-order valence-electron chi connectivity index (χ0n) is 16.6. The molecule has 0 fully saturated rings. The van der Waals surface area contributed by atoms with E-state index in [0.717, 1.165) is 27.6 Å². The number of nitrogens with one attached hydrogen (secondary N) is 2. The number of ether oxygens (including phenoxy) is 1. The SMILES string of the molecule is COC(=O)C(Cc1c[nH]c2ccccc12)NC(=O)c1ccc(-c2ccccc2)cc1. The molecule has 1 unspecified atom stereocenters. The molecule has 30 heavy (non-hydrogen) atoms. The van der Waals surface area contributed by atoms with E-state index in [1.807, 2.05) is 72.9 Å². The molecule has 1 heterocycles. The molecule has 0 radical (unpaired) electrons. The highest BCUT2D eigenvalue weighted by Crippen LogP contribution is 2.21. The van der Waals surface area contributed by atoms with Crippen molar-refractivity contribution in [3.8, 4) is 11.1 Å². The maximum absolute atomic E-state index is 12.8. The van der Waals surface area contributed by atoms with Crippen molar-refractivity contribution in [3.63, 3.8) is 0 Å². The van der Waals surface area contributed by atoms with Crippen molar-refractivity contribution in [2.24, 2.45) is 0 Å². The molecule has 0 aliphatic rings. The average Bonchev–Trinajstić information content (AvgIpc) is 3.21. The van der Waals surface area contributed by atoms with Gasteiger partial charge < -0.3 is 15.0 Å². The van der Waals surface area contributed by atoms with Crippen molar-refractivity contribution >= 4 is 22.8 Å². The summed E-state index contributed by atoms with van der Waals surface area (Å²) in [4.78, 5) is 28.3. The van der Waals surface area contributed by atoms with Gasteiger partial charge in [-0.1, -0.05) is 60.7 Å². The number of rotatable bonds is 6. The fourth-order valence-corrected chi connectivity index (χ4v) is 3.54. The van der Waals surface area contributed by atoms with Crippen LogP contribution in [-0.4, -0.2) is 30.0 Å². The minimum atomic E-state index is -0.782. The molecule has 1 aromatic heterocycles. The van der Waals surface area contributed by atoms with E-state index in [-0.39, 0.29) is 5.91 Å². The standard InChI is InChI=1S/C25H22N2O3/c1-30-25(29)23(15-20-16-26-22-10-6-5-9-21(20)22)27-24(28)19-13-11-18(12-14-19)17-7-3-2-4-8-17/h2-14,16,23,26H,15H2,1H3,(H,27,28). The van der Waals surface area contributed by atoms with Crippen LogP contribution in [0.2, 0.25) is 0 Å². The van der Waals surface area contributed by atoms with Gasteiger partial charge in [0.05, 0.1) is 7.11 Å². The number of hydrogen-bond acceptors (Lipinski definition) is 3. The molecule has 3 aromatic carbocycles. The van der Waals surface area contributed by atoms with Gasteiger partial charge in [0.15, 0.2) is 0 Å². The number of esters is 1. The lowest BCUT2D eigenvalue weighted by molar-refractivity contribution is -0.142. The summed E-state index contributed by atoms with van der Waals surface area (Å²) in [6.07, 6.45) is 2.20. The number of hydrogen-bond donors (Lipinski definition) is 2. The van der Waals surface area contributed by atoms with Gasteiger partial charge in [-0.25, -0.2) is 4.79 Å². The molecule has 5 nitrogen and oxygen atoms in total. The van der Waals surface area contributed by atoms with Gasteiger partial charge >= 0.3 is 5.97 Å². The number of benzene rings is 3. The van der Waals surface area contributed by atoms with Gasteiger partial charge in [-0.3, -0.25) is 4.79 Å². The van der Waals surface area contributed by atoms with Gasteiger partial charge in [-0.05, 0) is 34.9 Å². The second-order valence-corrected chi connectivity index (χ2v) is 7.06. The van der Waals surface area contributed by atoms with Crippen LogP contribution in [-0.2, 0) is 16.0 Å². The van der Waals surface area contributed by atoms with Crippen LogP contribution < -0.4 is 5.32 Å². The van der Waals surface area contributed by atoms with Crippen molar-refractivity contribution in [3.05, 3.63) is 96.2 Å². The number of methoxy groups -OCH3 is 1. The Morgan fingerprint density at radius 2 is 1.57 bits per heavy atom. The Morgan fingerprint density at radius 3 is 2.30 bits per heavy atom. The Labute approximate surface area is 174 Å². The van der Waals surface area contributed by atoms with Crippen LogP contribution in [0.5, 0.6) is 0 Å². The maximum Gasteiger partial charge on any atom is 0.328 e. The van der Waals surface area contributed by atoms with Crippen LogP contribution in [0.4, 0.5) is 0 Å². The highest BCUT2D eigenvalue weighted by Gasteiger charge is 2.24. The molecule has 5 heteroatoms. The predicted octanol–water partition coefficient (Wildman–Crippen LogP) is 4.35. The van der Waals surface area contributed by atoms with Gasteiger partial charge in [0.25, 0.3) is 5.91 Å². The summed E-state index contributed by atoms with van der Waals surface area (Å²) in [6.45, 7) is 0. The predicted molar refractivity (Wildman–Crippen MR) is 117 cm³/mol. The van der Waals surface area contributed by atoms with E-state index in [9.17, 15) is 9.59 Å². The second-order valence-electron chi connectivity index (χ2n) is 7.06. The van der Waals surface area contributed by atoms with E-state index in [4.69, 9.17) is 4.74 Å². The first kappa shape index (κ1) is 19.5. The third kappa shape index (κ3) is 4.10. The van der Waals surface area contributed by atoms with Crippen LogP contribution in [0.1, 0.15) is 15.9 Å². The Bertz CT molecular complexity index is 1160. The summed E-state index contributed by atoms with van der Waals surface area (Å²) in [5.41, 5.74) is 4.52. The number of H-pyrrole nitrogens is 1. The molecule has 2 N–H and O–H groups in total. The fraction of sp³-hybridized carbons (Fsp3) is 0.120. The third-order valence-electron chi connectivity index (χ3n) is 5.14. The molecule has 0 saturated carbocycles. The summed E-state index contributed by atoms with van der Waals surface area (Å²) in [5.74, 6) is -0.792. The van der Waals surface area contributed by atoms with Gasteiger partial charge in [0.2, 0.25) is 0 Å². The highest BCUT2D eigenvalue weighted by atomic mass is 16.5. The van der Waals surface area contributed by atoms with Crippen LogP contribution >= 0.6 is 0 Å². The molecular weight excluding hydrogens is 376 g/mol. The molecule has 0 aliphatic carbocycles. The quantitative estimate of drug-likeness (QED) is 0.475. The number of amides is 1. The van der Waals surface area contributed by atoms with E-state index in [2.05, 4.69) is 10.3 Å². The van der Waals surface area contributed by atoms with Crippen LogP contribution in [0, 0.1) is 0 Å². The molecule has 0 bridgehead atoms. The Balaban J connectivity index is 1.51. The van der Waals surface area contributed by atoms with Crippen LogP contribution in [0.3, 0.4) is 0 Å².